The summed E-state index contributed by atoms with van der Waals surface area (Å²) in [6.07, 6.45) is 1.11. The van der Waals surface area contributed by atoms with Crippen LogP contribution in [0.5, 0.6) is 17.4 Å². The maximum atomic E-state index is 12.0. The van der Waals surface area contributed by atoms with E-state index in [9.17, 15) is 20.2 Å². The van der Waals surface area contributed by atoms with Crippen molar-refractivity contribution in [2.24, 2.45) is 5.10 Å². The van der Waals surface area contributed by atoms with Crippen LogP contribution in [0.4, 0.5) is 5.69 Å². The fraction of sp³-hybridized carbons (Fsp3) is 0.263. The number of benzene rings is 1. The molecule has 1 aliphatic heterocycles. The zero-order valence-electron chi connectivity index (χ0n) is 16.6. The number of nitro benzene ring substituents is 1. The maximum Gasteiger partial charge on any atom is 0.282 e. The molecule has 3 rings (SSSR count). The number of amides is 1. The van der Waals surface area contributed by atoms with Gasteiger partial charge in [-0.25, -0.2) is 10.4 Å². The molecule has 160 valence electrons. The van der Waals surface area contributed by atoms with Gasteiger partial charge < -0.3 is 18.9 Å². The number of hydrogen-bond acceptors (Lipinski definition) is 10. The van der Waals surface area contributed by atoms with E-state index in [1.165, 1.54) is 19.2 Å². The fourth-order valence-electron chi connectivity index (χ4n) is 2.75. The average Bonchev–Trinajstić information content (AvgIpc) is 3.19. The molecule has 2 aromatic rings. The van der Waals surface area contributed by atoms with E-state index in [2.05, 4.69) is 15.5 Å². The highest BCUT2D eigenvalue weighted by molar-refractivity contribution is 5.88. The van der Waals surface area contributed by atoms with E-state index in [0.717, 1.165) is 6.21 Å². The number of nitriles is 1. The lowest BCUT2D eigenvalue weighted by atomic mass is 10.1. The second-order valence-corrected chi connectivity index (χ2v) is 6.25. The summed E-state index contributed by atoms with van der Waals surface area (Å²) in [5.41, 5.74) is 3.41. The van der Waals surface area contributed by atoms with Crippen molar-refractivity contribution in [2.75, 3.05) is 20.5 Å². The third-order valence-electron chi connectivity index (χ3n) is 4.06. The Morgan fingerprint density at radius 2 is 2.16 bits per heavy atom. The smallest absolute Gasteiger partial charge is 0.282 e. The molecule has 12 nitrogen and oxygen atoms in total. The van der Waals surface area contributed by atoms with Crippen molar-refractivity contribution in [1.82, 2.24) is 10.4 Å². The van der Waals surface area contributed by atoms with Crippen molar-refractivity contribution in [1.29, 1.82) is 5.26 Å². The van der Waals surface area contributed by atoms with E-state index in [1.54, 1.807) is 13.0 Å². The molecule has 0 atom stereocenters. The minimum absolute atomic E-state index is 0.0000818. The van der Waals surface area contributed by atoms with Gasteiger partial charge >= 0.3 is 0 Å². The lowest BCUT2D eigenvalue weighted by molar-refractivity contribution is -0.385. The van der Waals surface area contributed by atoms with Crippen LogP contribution in [-0.4, -0.2) is 42.5 Å². The normalized spacial score (nSPS) is 11.9. The number of aromatic nitrogens is 1. The first-order valence-electron chi connectivity index (χ1n) is 8.85. The highest BCUT2D eigenvalue weighted by Crippen LogP contribution is 2.37. The lowest BCUT2D eigenvalue weighted by Crippen LogP contribution is -2.25. The summed E-state index contributed by atoms with van der Waals surface area (Å²) in [7, 11) is 1.49. The zero-order valence-corrected chi connectivity index (χ0v) is 16.6. The Balaban J connectivity index is 1.66. The average molecular weight is 427 g/mol. The number of hydrogen-bond donors (Lipinski definition) is 1. The van der Waals surface area contributed by atoms with Crippen LogP contribution in [0.2, 0.25) is 0 Å². The molecule has 0 saturated carbocycles. The molecule has 1 aliphatic rings. The number of carbonyl (C=O) groups excluding carboxylic acids is 1. The second kappa shape index (κ2) is 9.51. The second-order valence-electron chi connectivity index (χ2n) is 6.25. The van der Waals surface area contributed by atoms with E-state index in [1.807, 2.05) is 6.07 Å². The molecule has 12 heteroatoms. The molecule has 1 amide bonds. The van der Waals surface area contributed by atoms with Crippen LogP contribution in [0.15, 0.2) is 23.3 Å². The van der Waals surface area contributed by atoms with Crippen LogP contribution in [0, 0.1) is 28.4 Å². The standard InChI is InChI=1S/C19H17N5O7/c1-11-3-13(8-28-2)14(6-20)19(22-11)29-9-18(25)23-21-7-12-4-16-17(31-10-30-16)5-15(12)24(26)27/h3-5,7H,8-10H2,1-2H3,(H,23,25)/b21-7-. The number of fused-ring (bicyclic) bond motifs is 1. The van der Waals surface area contributed by atoms with Crippen LogP contribution in [0.3, 0.4) is 0 Å². The van der Waals surface area contributed by atoms with Gasteiger partial charge in [-0.3, -0.25) is 14.9 Å². The van der Waals surface area contributed by atoms with Crippen molar-refractivity contribution in [2.45, 2.75) is 13.5 Å². The van der Waals surface area contributed by atoms with Crippen molar-refractivity contribution < 1.29 is 28.7 Å². The first-order valence-corrected chi connectivity index (χ1v) is 8.85. The number of nitro groups is 1. The fourth-order valence-corrected chi connectivity index (χ4v) is 2.75. The first-order chi connectivity index (χ1) is 14.9. The molecular weight excluding hydrogens is 410 g/mol. The Morgan fingerprint density at radius 1 is 1.42 bits per heavy atom. The minimum Gasteiger partial charge on any atom is -0.467 e. The summed E-state index contributed by atoms with van der Waals surface area (Å²) in [4.78, 5) is 26.8. The van der Waals surface area contributed by atoms with Gasteiger partial charge in [-0.2, -0.15) is 10.4 Å². The van der Waals surface area contributed by atoms with Gasteiger partial charge in [0, 0.05) is 18.4 Å². The van der Waals surface area contributed by atoms with E-state index < -0.39 is 17.4 Å². The van der Waals surface area contributed by atoms with Crippen LogP contribution < -0.4 is 19.6 Å². The molecule has 0 radical (unpaired) electrons. The highest BCUT2D eigenvalue weighted by Gasteiger charge is 2.22. The summed E-state index contributed by atoms with van der Waals surface area (Å²) in [6, 6.07) is 6.29. The van der Waals surface area contributed by atoms with Gasteiger partial charge in [-0.1, -0.05) is 0 Å². The SMILES string of the molecule is COCc1cc(C)nc(OCC(=O)N/N=C\c2cc3c(cc2[N+](=O)[O-])OCO3)c1C#N. The Morgan fingerprint density at radius 3 is 2.84 bits per heavy atom. The third-order valence-corrected chi connectivity index (χ3v) is 4.06. The van der Waals surface area contributed by atoms with Gasteiger partial charge in [0.1, 0.15) is 11.6 Å². The molecule has 0 bridgehead atoms. The third kappa shape index (κ3) is 5.03. The Kier molecular flexibility index (Phi) is 6.58. The molecule has 0 fully saturated rings. The van der Waals surface area contributed by atoms with E-state index in [-0.39, 0.29) is 41.8 Å². The van der Waals surface area contributed by atoms with Gasteiger partial charge in [-0.05, 0) is 19.1 Å². The number of ether oxygens (including phenoxy) is 4. The van der Waals surface area contributed by atoms with Crippen molar-refractivity contribution >= 4 is 17.8 Å². The lowest BCUT2D eigenvalue weighted by Gasteiger charge is -2.10. The molecule has 0 unspecified atom stereocenters. The summed E-state index contributed by atoms with van der Waals surface area (Å²) in [5, 5.41) is 24.3. The van der Waals surface area contributed by atoms with Gasteiger partial charge in [-0.15, -0.1) is 0 Å². The van der Waals surface area contributed by atoms with Crippen LogP contribution >= 0.6 is 0 Å². The quantitative estimate of drug-likeness (QED) is 0.375. The minimum atomic E-state index is -0.653. The topological polar surface area (TPSA) is 158 Å². The molecule has 1 aromatic carbocycles. The van der Waals surface area contributed by atoms with Gasteiger partial charge in [0.2, 0.25) is 12.7 Å². The van der Waals surface area contributed by atoms with Crippen LogP contribution in [0.25, 0.3) is 0 Å². The number of carbonyl (C=O) groups is 1. The largest absolute Gasteiger partial charge is 0.467 e. The number of pyridine rings is 1. The zero-order chi connectivity index (χ0) is 22.4. The number of nitrogens with one attached hydrogen (secondary N) is 1. The number of aryl methyl sites for hydroxylation is 1. The Labute approximate surface area is 176 Å². The molecule has 2 heterocycles. The van der Waals surface area contributed by atoms with E-state index in [0.29, 0.717) is 17.0 Å². The molecule has 0 aliphatic carbocycles. The van der Waals surface area contributed by atoms with Gasteiger partial charge in [0.15, 0.2) is 18.1 Å². The molecule has 0 saturated heterocycles. The monoisotopic (exact) mass is 427 g/mol. The first kappa shape index (κ1) is 21.5. The molecule has 31 heavy (non-hydrogen) atoms. The van der Waals surface area contributed by atoms with Crippen LogP contribution in [-0.2, 0) is 16.1 Å². The number of hydrazone groups is 1. The van der Waals surface area contributed by atoms with Crippen LogP contribution in [0.1, 0.15) is 22.4 Å². The molecular formula is C19H17N5O7. The summed E-state index contributed by atoms with van der Waals surface area (Å²) >= 11 is 0. The van der Waals surface area contributed by atoms with Crippen molar-refractivity contribution in [3.63, 3.8) is 0 Å². The summed E-state index contributed by atoms with van der Waals surface area (Å²) in [5.74, 6) is -0.0589. The summed E-state index contributed by atoms with van der Waals surface area (Å²) < 4.78 is 20.7. The van der Waals surface area contributed by atoms with Gasteiger partial charge in [0.25, 0.3) is 11.6 Å². The predicted octanol–water partition coefficient (Wildman–Crippen LogP) is 1.57. The summed E-state index contributed by atoms with van der Waals surface area (Å²) in [6.45, 7) is 1.40. The Hall–Kier alpha value is -4.24. The Bertz CT molecular complexity index is 1090. The number of nitrogens with zero attached hydrogens (tertiary/aromatic N) is 4. The molecule has 0 spiro atoms. The van der Waals surface area contributed by atoms with E-state index >= 15 is 0 Å². The highest BCUT2D eigenvalue weighted by atomic mass is 16.7. The maximum absolute atomic E-state index is 12.0. The van der Waals surface area contributed by atoms with E-state index in [4.69, 9.17) is 18.9 Å². The molecule has 1 N–H and O–H groups in total. The van der Waals surface area contributed by atoms with Crippen molar-refractivity contribution in [3.05, 3.63) is 50.7 Å². The molecule has 1 aromatic heterocycles. The number of methoxy groups -OCH3 is 1. The predicted molar refractivity (Wildman–Crippen MR) is 105 cm³/mol. The van der Waals surface area contributed by atoms with Crippen molar-refractivity contribution in [3.8, 4) is 23.4 Å². The van der Waals surface area contributed by atoms with Gasteiger partial charge in [0.05, 0.1) is 29.4 Å². The number of rotatable bonds is 8.